The van der Waals surface area contributed by atoms with Crippen molar-refractivity contribution in [2.45, 2.75) is 45.7 Å². The zero-order valence-corrected chi connectivity index (χ0v) is 24.2. The lowest BCUT2D eigenvalue weighted by atomic mass is 9.94. The maximum absolute atomic E-state index is 14.8. The zero-order chi connectivity index (χ0) is 25.7. The minimum Gasteiger partial charge on any atom is -0.422 e. The quantitative estimate of drug-likeness (QED) is 0.231. The Morgan fingerprint density at radius 2 is 1.84 bits per heavy atom. The average Bonchev–Trinajstić information content (AvgIpc) is 3.63. The van der Waals surface area contributed by atoms with Gasteiger partial charge in [0.05, 0.1) is 5.39 Å². The number of fused-ring (bicyclic) bond motifs is 1. The van der Waals surface area contributed by atoms with Crippen LogP contribution in [0.2, 0.25) is 0 Å². The molecule has 0 spiro atoms. The van der Waals surface area contributed by atoms with E-state index < -0.39 is 5.63 Å². The van der Waals surface area contributed by atoms with Gasteiger partial charge in [-0.2, -0.15) is 0 Å². The molecule has 0 atom stereocenters. The third-order valence-electron chi connectivity index (χ3n) is 6.87. The lowest BCUT2D eigenvalue weighted by Gasteiger charge is -2.19. The average molecular weight is 635 g/mol. The largest absolute Gasteiger partial charge is 0.422 e. The number of rotatable bonds is 6. The summed E-state index contributed by atoms with van der Waals surface area (Å²) < 4.78 is 23.4. The second-order valence-corrected chi connectivity index (χ2v) is 11.2. The highest BCUT2D eigenvalue weighted by molar-refractivity contribution is 14.1. The van der Waals surface area contributed by atoms with E-state index in [0.717, 1.165) is 45.3 Å². The van der Waals surface area contributed by atoms with Gasteiger partial charge in [-0.15, -0.1) is 12.4 Å². The number of benzene rings is 2. The van der Waals surface area contributed by atoms with Crippen molar-refractivity contribution >= 4 is 46.0 Å². The molecule has 0 N–H and O–H groups in total. The molecule has 2 aromatic heterocycles. The van der Waals surface area contributed by atoms with Gasteiger partial charge in [0.2, 0.25) is 0 Å². The molecule has 0 aliphatic heterocycles. The Morgan fingerprint density at radius 1 is 1.11 bits per heavy atom. The summed E-state index contributed by atoms with van der Waals surface area (Å²) in [6, 6.07) is 13.3. The first-order chi connectivity index (χ1) is 17.2. The van der Waals surface area contributed by atoms with Gasteiger partial charge >= 0.3 is 5.63 Å². The van der Waals surface area contributed by atoms with Gasteiger partial charge in [0.15, 0.2) is 5.58 Å². The van der Waals surface area contributed by atoms with Crippen LogP contribution in [0.1, 0.15) is 46.8 Å². The van der Waals surface area contributed by atoms with Crippen LogP contribution in [0.3, 0.4) is 0 Å². The molecular formula is C29H29ClFIN2O3. The zero-order valence-electron chi connectivity index (χ0n) is 21.2. The SMILES string of the molecule is Cc1c(Cc2ccc(I)cc2F)c2c(=O)n(C3CC3)c(C)c(-c3cccc(CN(C)C)c3)c2oc1=O.Cl. The molecule has 0 bridgehead atoms. The van der Waals surface area contributed by atoms with E-state index in [-0.39, 0.29) is 41.8 Å². The first-order valence-electron chi connectivity index (χ1n) is 12.0. The highest BCUT2D eigenvalue weighted by Crippen LogP contribution is 2.40. The Kier molecular flexibility index (Phi) is 7.97. The van der Waals surface area contributed by atoms with Crippen molar-refractivity contribution in [2.24, 2.45) is 0 Å². The molecular weight excluding hydrogens is 606 g/mol. The van der Waals surface area contributed by atoms with Crippen molar-refractivity contribution in [3.05, 3.63) is 101 Å². The van der Waals surface area contributed by atoms with Crippen molar-refractivity contribution in [1.29, 1.82) is 0 Å². The molecule has 0 saturated heterocycles. The molecule has 5 nitrogen and oxygen atoms in total. The van der Waals surface area contributed by atoms with E-state index in [9.17, 15) is 14.0 Å². The normalized spacial score (nSPS) is 13.3. The minimum absolute atomic E-state index is 0. The van der Waals surface area contributed by atoms with Gasteiger partial charge in [0, 0.05) is 39.4 Å². The highest BCUT2D eigenvalue weighted by atomic mass is 127. The fourth-order valence-corrected chi connectivity index (χ4v) is 5.46. The standard InChI is InChI=1S/C29H28FIN2O3.ClH/c1-16-23(13-19-8-9-21(31)14-24(19)30)26-27(36-29(16)35)25(17(2)33(28(26)34)22-10-11-22)20-7-5-6-18(12-20)15-32(3)4;/h5-9,12,14,22H,10-11,13,15H2,1-4H3;1H. The second kappa shape index (κ2) is 10.7. The van der Waals surface area contributed by atoms with Gasteiger partial charge < -0.3 is 13.9 Å². The van der Waals surface area contributed by atoms with E-state index in [1.807, 2.05) is 43.8 Å². The summed E-state index contributed by atoms with van der Waals surface area (Å²) in [5.74, 6) is -0.353. The van der Waals surface area contributed by atoms with Gasteiger partial charge in [-0.25, -0.2) is 9.18 Å². The molecule has 1 fully saturated rings. The maximum atomic E-state index is 14.8. The summed E-state index contributed by atoms with van der Waals surface area (Å²) in [7, 11) is 4.02. The molecule has 8 heteroatoms. The van der Waals surface area contributed by atoms with E-state index in [1.165, 1.54) is 6.07 Å². The van der Waals surface area contributed by atoms with E-state index in [0.29, 0.717) is 22.1 Å². The van der Waals surface area contributed by atoms with Gasteiger partial charge in [0.1, 0.15) is 5.82 Å². The van der Waals surface area contributed by atoms with Crippen LogP contribution in [0.4, 0.5) is 4.39 Å². The first-order valence-corrected chi connectivity index (χ1v) is 13.1. The van der Waals surface area contributed by atoms with Crippen LogP contribution in [-0.4, -0.2) is 23.6 Å². The van der Waals surface area contributed by atoms with E-state index in [1.54, 1.807) is 13.0 Å². The molecule has 1 aliphatic rings. The summed E-state index contributed by atoms with van der Waals surface area (Å²) in [5, 5.41) is 0.371. The lowest BCUT2D eigenvalue weighted by Crippen LogP contribution is -2.25. The molecule has 5 rings (SSSR count). The van der Waals surface area contributed by atoms with E-state index in [4.69, 9.17) is 4.42 Å². The molecule has 194 valence electrons. The van der Waals surface area contributed by atoms with Crippen molar-refractivity contribution in [3.8, 4) is 11.1 Å². The highest BCUT2D eigenvalue weighted by Gasteiger charge is 2.31. The van der Waals surface area contributed by atoms with E-state index in [2.05, 4.69) is 39.6 Å². The maximum Gasteiger partial charge on any atom is 0.339 e. The Labute approximate surface area is 234 Å². The van der Waals surface area contributed by atoms with Crippen molar-refractivity contribution in [1.82, 2.24) is 9.47 Å². The fourth-order valence-electron chi connectivity index (χ4n) is 5.01. The smallest absolute Gasteiger partial charge is 0.339 e. The third kappa shape index (κ3) is 5.26. The molecule has 1 saturated carbocycles. The van der Waals surface area contributed by atoms with Crippen LogP contribution in [0, 0.1) is 23.2 Å². The van der Waals surface area contributed by atoms with Gasteiger partial charge in [-0.3, -0.25) is 4.79 Å². The second-order valence-electron chi connectivity index (χ2n) is 9.91. The summed E-state index contributed by atoms with van der Waals surface area (Å²) in [6.07, 6.45) is 2.01. The molecule has 0 unspecified atom stereocenters. The Balaban J connectivity index is 0.00000320. The van der Waals surface area contributed by atoms with Crippen molar-refractivity contribution in [3.63, 3.8) is 0 Å². The Morgan fingerprint density at radius 3 is 2.49 bits per heavy atom. The van der Waals surface area contributed by atoms with Crippen LogP contribution < -0.4 is 11.2 Å². The van der Waals surface area contributed by atoms with Crippen LogP contribution in [0.25, 0.3) is 22.1 Å². The Bertz CT molecular complexity index is 1620. The fraction of sp³-hybridized carbons (Fsp3) is 0.310. The number of nitrogens with zero attached hydrogens (tertiary/aromatic N) is 2. The number of pyridine rings is 1. The molecule has 4 aromatic rings. The topological polar surface area (TPSA) is 55.5 Å². The van der Waals surface area contributed by atoms with Crippen LogP contribution in [-0.2, 0) is 13.0 Å². The van der Waals surface area contributed by atoms with Crippen LogP contribution in [0.15, 0.2) is 56.5 Å². The monoisotopic (exact) mass is 634 g/mol. The number of aromatic nitrogens is 1. The van der Waals surface area contributed by atoms with Gasteiger partial charge in [0.25, 0.3) is 5.56 Å². The summed E-state index contributed by atoms with van der Waals surface area (Å²) in [5.41, 5.74) is 4.47. The predicted molar refractivity (Wildman–Crippen MR) is 156 cm³/mol. The minimum atomic E-state index is -0.503. The number of hydrogen-bond acceptors (Lipinski definition) is 4. The molecule has 0 amide bonds. The van der Waals surface area contributed by atoms with Gasteiger partial charge in [-0.1, -0.05) is 24.3 Å². The lowest BCUT2D eigenvalue weighted by molar-refractivity contribution is 0.402. The molecule has 0 radical (unpaired) electrons. The predicted octanol–water partition coefficient (Wildman–Crippen LogP) is 6.39. The van der Waals surface area contributed by atoms with Crippen molar-refractivity contribution in [2.75, 3.05) is 14.1 Å². The summed E-state index contributed by atoms with van der Waals surface area (Å²) >= 11 is 2.07. The van der Waals surface area contributed by atoms with Crippen LogP contribution in [0.5, 0.6) is 0 Å². The molecule has 37 heavy (non-hydrogen) atoms. The van der Waals surface area contributed by atoms with Gasteiger partial charge in [-0.05, 0) is 104 Å². The molecule has 2 heterocycles. The van der Waals surface area contributed by atoms with Crippen molar-refractivity contribution < 1.29 is 8.81 Å². The molecule has 1 aliphatic carbocycles. The van der Waals surface area contributed by atoms with E-state index >= 15 is 0 Å². The first kappa shape index (κ1) is 27.5. The number of halogens is 3. The third-order valence-corrected chi connectivity index (χ3v) is 7.55. The Hall–Kier alpha value is -2.49. The summed E-state index contributed by atoms with van der Waals surface area (Å²) in [6.45, 7) is 4.34. The van der Waals surface area contributed by atoms with Crippen LogP contribution >= 0.6 is 35.0 Å². The molecule has 2 aromatic carbocycles. The summed E-state index contributed by atoms with van der Waals surface area (Å²) in [4.78, 5) is 29.1. The number of hydrogen-bond donors (Lipinski definition) is 0.